The molecule has 0 radical (unpaired) electrons. The summed E-state index contributed by atoms with van der Waals surface area (Å²) in [6, 6.07) is 0. The van der Waals surface area contributed by atoms with Crippen molar-refractivity contribution in [1.29, 1.82) is 0 Å². The maximum Gasteiger partial charge on any atom is 0.275 e. The zero-order valence-electron chi connectivity index (χ0n) is 12.2. The van der Waals surface area contributed by atoms with Gasteiger partial charge in [0.05, 0.1) is 18.4 Å². The van der Waals surface area contributed by atoms with Crippen LogP contribution in [0.25, 0.3) is 0 Å². The Balaban J connectivity index is 1.87. The van der Waals surface area contributed by atoms with Crippen molar-refractivity contribution < 1.29 is 4.79 Å². The van der Waals surface area contributed by atoms with Crippen LogP contribution in [-0.2, 0) is 13.1 Å². The summed E-state index contributed by atoms with van der Waals surface area (Å²) >= 11 is 0. The van der Waals surface area contributed by atoms with Crippen molar-refractivity contribution in [1.82, 2.24) is 24.4 Å². The van der Waals surface area contributed by atoms with E-state index in [1.807, 2.05) is 24.6 Å². The van der Waals surface area contributed by atoms with Gasteiger partial charge in [-0.15, -0.1) is 0 Å². The van der Waals surface area contributed by atoms with Crippen LogP contribution in [0, 0.1) is 0 Å². The van der Waals surface area contributed by atoms with Crippen molar-refractivity contribution in [3.05, 3.63) is 35.9 Å². The van der Waals surface area contributed by atoms with Crippen LogP contribution in [0.5, 0.6) is 0 Å². The van der Waals surface area contributed by atoms with Crippen molar-refractivity contribution in [3.8, 4) is 0 Å². The third kappa shape index (κ3) is 2.46. The fourth-order valence-electron chi connectivity index (χ4n) is 2.35. The monoisotopic (exact) mass is 286 g/mol. The maximum atomic E-state index is 12.6. The van der Waals surface area contributed by atoms with Gasteiger partial charge in [-0.2, -0.15) is 0 Å². The van der Waals surface area contributed by atoms with Crippen LogP contribution in [0.3, 0.4) is 0 Å². The first-order valence-corrected chi connectivity index (χ1v) is 6.98. The Kier molecular flexibility index (Phi) is 3.32. The Morgan fingerprint density at radius 3 is 2.90 bits per heavy atom. The van der Waals surface area contributed by atoms with E-state index in [4.69, 9.17) is 5.73 Å². The largest absolute Gasteiger partial charge is 0.396 e. The van der Waals surface area contributed by atoms with Gasteiger partial charge in [0.2, 0.25) is 0 Å². The van der Waals surface area contributed by atoms with Gasteiger partial charge in [-0.3, -0.25) is 4.79 Å². The molecule has 0 saturated carbocycles. The molecule has 1 aliphatic heterocycles. The lowest BCUT2D eigenvalue weighted by molar-refractivity contribution is 0.0702. The summed E-state index contributed by atoms with van der Waals surface area (Å²) in [5.41, 5.74) is 6.48. The molecule has 1 aliphatic rings. The molecule has 0 spiro atoms. The molecule has 0 aromatic carbocycles. The van der Waals surface area contributed by atoms with Crippen LogP contribution in [0.1, 0.15) is 41.9 Å². The van der Waals surface area contributed by atoms with Crippen molar-refractivity contribution in [2.45, 2.75) is 32.9 Å². The molecule has 0 fully saturated rings. The number of anilines is 1. The van der Waals surface area contributed by atoms with Gasteiger partial charge < -0.3 is 15.2 Å². The molecule has 2 aromatic heterocycles. The summed E-state index contributed by atoms with van der Waals surface area (Å²) in [5.74, 6) is 1.50. The maximum absolute atomic E-state index is 12.6. The standard InChI is InChI=1S/C14H18N6O/c1-9(2)13-17-7-10(15)12(18-13)14(21)20-6-5-19-4-3-16-11(19)8-20/h3-4,7,9H,5-6,8,15H2,1-2H3. The molecule has 0 atom stereocenters. The minimum atomic E-state index is -0.161. The Morgan fingerprint density at radius 1 is 1.33 bits per heavy atom. The summed E-state index contributed by atoms with van der Waals surface area (Å²) in [5, 5.41) is 0. The second kappa shape index (κ2) is 5.16. The minimum Gasteiger partial charge on any atom is -0.396 e. The van der Waals surface area contributed by atoms with Gasteiger partial charge in [-0.25, -0.2) is 15.0 Å². The normalized spacial score (nSPS) is 14.3. The van der Waals surface area contributed by atoms with Crippen molar-refractivity contribution in [3.63, 3.8) is 0 Å². The van der Waals surface area contributed by atoms with E-state index in [0.29, 0.717) is 24.6 Å². The Morgan fingerprint density at radius 2 is 2.14 bits per heavy atom. The Bertz CT molecular complexity index is 678. The molecule has 3 rings (SSSR count). The van der Waals surface area contributed by atoms with E-state index in [9.17, 15) is 4.79 Å². The molecule has 21 heavy (non-hydrogen) atoms. The molecule has 7 heteroatoms. The number of hydrogen-bond acceptors (Lipinski definition) is 5. The number of fused-ring (bicyclic) bond motifs is 1. The number of rotatable bonds is 2. The van der Waals surface area contributed by atoms with E-state index < -0.39 is 0 Å². The van der Waals surface area contributed by atoms with Crippen LogP contribution >= 0.6 is 0 Å². The van der Waals surface area contributed by atoms with Gasteiger partial charge in [0, 0.05) is 31.4 Å². The summed E-state index contributed by atoms with van der Waals surface area (Å²) in [6.07, 6.45) is 5.19. The quantitative estimate of drug-likeness (QED) is 0.890. The van der Waals surface area contributed by atoms with Gasteiger partial charge in [-0.05, 0) is 0 Å². The molecule has 3 heterocycles. The molecule has 0 unspecified atom stereocenters. The number of nitrogen functional groups attached to an aromatic ring is 1. The fraction of sp³-hybridized carbons (Fsp3) is 0.429. The van der Waals surface area contributed by atoms with E-state index in [-0.39, 0.29) is 17.5 Å². The van der Waals surface area contributed by atoms with Gasteiger partial charge in [0.15, 0.2) is 5.69 Å². The number of nitrogens with two attached hydrogens (primary N) is 1. The second-order valence-corrected chi connectivity index (χ2v) is 5.45. The lowest BCUT2D eigenvalue weighted by atomic mass is 10.2. The third-order valence-corrected chi connectivity index (χ3v) is 3.59. The first-order valence-electron chi connectivity index (χ1n) is 6.98. The molecule has 7 nitrogen and oxygen atoms in total. The molecule has 0 bridgehead atoms. The van der Waals surface area contributed by atoms with Gasteiger partial charge in [-0.1, -0.05) is 13.8 Å². The first kappa shape index (κ1) is 13.5. The molecule has 1 amide bonds. The first-order chi connectivity index (χ1) is 10.1. The van der Waals surface area contributed by atoms with Crippen LogP contribution in [0.15, 0.2) is 18.6 Å². The number of carbonyl (C=O) groups excluding carboxylic acids is 1. The predicted molar refractivity (Wildman–Crippen MR) is 77.5 cm³/mol. The van der Waals surface area contributed by atoms with E-state index in [1.165, 1.54) is 6.20 Å². The molecule has 2 N–H and O–H groups in total. The highest BCUT2D eigenvalue weighted by Gasteiger charge is 2.25. The smallest absolute Gasteiger partial charge is 0.275 e. The van der Waals surface area contributed by atoms with Gasteiger partial charge >= 0.3 is 0 Å². The fourth-order valence-corrected chi connectivity index (χ4v) is 2.35. The lowest BCUT2D eigenvalue weighted by Gasteiger charge is -2.27. The average Bonchev–Trinajstić information content (AvgIpc) is 2.94. The van der Waals surface area contributed by atoms with Gasteiger partial charge in [0.1, 0.15) is 11.6 Å². The topological polar surface area (TPSA) is 89.9 Å². The lowest BCUT2D eigenvalue weighted by Crippen LogP contribution is -2.39. The van der Waals surface area contributed by atoms with Crippen molar-refractivity contribution in [2.24, 2.45) is 0 Å². The predicted octanol–water partition coefficient (Wildman–Crippen LogP) is 1.03. The van der Waals surface area contributed by atoms with E-state index in [1.54, 1.807) is 11.1 Å². The average molecular weight is 286 g/mol. The van der Waals surface area contributed by atoms with E-state index in [0.717, 1.165) is 12.4 Å². The molecule has 110 valence electrons. The Labute approximate surface area is 122 Å². The SMILES string of the molecule is CC(C)c1ncc(N)c(C(=O)N2CCn3ccnc3C2)n1. The summed E-state index contributed by atoms with van der Waals surface area (Å²) in [6.45, 7) is 5.81. The zero-order chi connectivity index (χ0) is 15.0. The number of imidazole rings is 1. The molecule has 0 aliphatic carbocycles. The highest BCUT2D eigenvalue weighted by Crippen LogP contribution is 2.18. The Hall–Kier alpha value is -2.44. The molecule has 2 aromatic rings. The number of hydrogen-bond donors (Lipinski definition) is 1. The summed E-state index contributed by atoms with van der Waals surface area (Å²) in [4.78, 5) is 27.1. The van der Waals surface area contributed by atoms with Crippen molar-refractivity contribution >= 4 is 11.6 Å². The van der Waals surface area contributed by atoms with E-state index in [2.05, 4.69) is 15.0 Å². The number of aromatic nitrogens is 4. The number of carbonyl (C=O) groups is 1. The number of nitrogens with zero attached hydrogens (tertiary/aromatic N) is 5. The minimum absolute atomic E-state index is 0.150. The number of amides is 1. The summed E-state index contributed by atoms with van der Waals surface area (Å²) in [7, 11) is 0. The van der Waals surface area contributed by atoms with Gasteiger partial charge in [0.25, 0.3) is 5.91 Å². The zero-order valence-corrected chi connectivity index (χ0v) is 12.2. The van der Waals surface area contributed by atoms with Crippen molar-refractivity contribution in [2.75, 3.05) is 12.3 Å². The van der Waals surface area contributed by atoms with Crippen LogP contribution in [0.4, 0.5) is 5.69 Å². The van der Waals surface area contributed by atoms with Crippen LogP contribution in [0.2, 0.25) is 0 Å². The molecule has 0 saturated heterocycles. The highest BCUT2D eigenvalue weighted by atomic mass is 16.2. The summed E-state index contributed by atoms with van der Waals surface area (Å²) < 4.78 is 2.05. The second-order valence-electron chi connectivity index (χ2n) is 5.45. The molecular weight excluding hydrogens is 268 g/mol. The third-order valence-electron chi connectivity index (χ3n) is 3.59. The highest BCUT2D eigenvalue weighted by molar-refractivity contribution is 5.97. The van der Waals surface area contributed by atoms with Crippen LogP contribution in [-0.4, -0.2) is 36.9 Å². The molecular formula is C14H18N6O. The van der Waals surface area contributed by atoms with Crippen LogP contribution < -0.4 is 5.73 Å². The van der Waals surface area contributed by atoms with E-state index >= 15 is 0 Å².